The molecule has 4 rings (SSSR count). The summed E-state index contributed by atoms with van der Waals surface area (Å²) < 4.78 is 20.5. The maximum Gasteiger partial charge on any atom is 0.335 e. The van der Waals surface area contributed by atoms with Crippen molar-refractivity contribution in [2.24, 2.45) is 7.05 Å². The van der Waals surface area contributed by atoms with Crippen LogP contribution in [0.2, 0.25) is 0 Å². The van der Waals surface area contributed by atoms with Gasteiger partial charge in [-0.15, -0.1) is 0 Å². The van der Waals surface area contributed by atoms with Crippen molar-refractivity contribution in [3.8, 4) is 0 Å². The van der Waals surface area contributed by atoms with Crippen molar-refractivity contribution in [1.29, 1.82) is 0 Å². The number of fused-ring (bicyclic) bond motifs is 2. The fraction of sp³-hybridized carbons (Fsp3) is 0.0625. The van der Waals surface area contributed by atoms with Gasteiger partial charge < -0.3 is 14.1 Å². The summed E-state index contributed by atoms with van der Waals surface area (Å²) in [5.41, 5.74) is 2.28. The molecule has 0 spiro atoms. The maximum absolute atomic E-state index is 13.2. The van der Waals surface area contributed by atoms with Gasteiger partial charge >= 0.3 is 12.0 Å². The molecule has 0 aliphatic rings. The Balaban J connectivity index is 1.75. The van der Waals surface area contributed by atoms with E-state index in [9.17, 15) is 9.18 Å². The molecule has 2 heterocycles. The van der Waals surface area contributed by atoms with Crippen LogP contribution in [0, 0.1) is 5.82 Å². The van der Waals surface area contributed by atoms with E-state index in [4.69, 9.17) is 9.52 Å². The molecule has 2 N–H and O–H groups in total. The first-order valence-corrected chi connectivity index (χ1v) is 7.04. The molecule has 0 radical (unpaired) electrons. The fourth-order valence-electron chi connectivity index (χ4n) is 2.49. The minimum atomic E-state index is -1.02. The number of benzene rings is 2. The predicted octanol–water partition coefficient (Wildman–Crippen LogP) is 3.30. The Labute approximate surface area is 134 Å². The zero-order valence-corrected chi connectivity index (χ0v) is 12.4. The zero-order chi connectivity index (χ0) is 16.8. The summed E-state index contributed by atoms with van der Waals surface area (Å²) in [4.78, 5) is 19.6. The summed E-state index contributed by atoms with van der Waals surface area (Å²) in [6.07, 6.45) is 0. The van der Waals surface area contributed by atoms with Crippen molar-refractivity contribution in [2.45, 2.75) is 0 Å². The number of hydrogen-bond acceptors (Lipinski definition) is 5. The summed E-state index contributed by atoms with van der Waals surface area (Å²) in [5, 5.41) is 12.0. The predicted molar refractivity (Wildman–Crippen MR) is 84.9 cm³/mol. The number of imidazole rings is 1. The largest absolute Gasteiger partial charge is 0.478 e. The highest BCUT2D eigenvalue weighted by atomic mass is 19.1. The number of carboxylic acid groups (broad SMARTS) is 1. The van der Waals surface area contributed by atoms with Crippen LogP contribution in [-0.4, -0.2) is 25.6 Å². The fourth-order valence-corrected chi connectivity index (χ4v) is 2.49. The molecule has 0 saturated carbocycles. The Morgan fingerprint density at radius 3 is 2.83 bits per heavy atom. The number of aryl methyl sites for hydroxylation is 1. The molecule has 120 valence electrons. The quantitative estimate of drug-likeness (QED) is 0.600. The molecule has 8 heteroatoms. The van der Waals surface area contributed by atoms with E-state index >= 15 is 0 Å². The van der Waals surface area contributed by atoms with Crippen LogP contribution in [0.1, 0.15) is 10.4 Å². The number of hydrogen-bond donors (Lipinski definition) is 2. The van der Waals surface area contributed by atoms with Gasteiger partial charge in [0.25, 0.3) is 0 Å². The molecule has 4 aromatic rings. The Morgan fingerprint density at radius 1 is 1.21 bits per heavy atom. The van der Waals surface area contributed by atoms with E-state index in [1.165, 1.54) is 30.3 Å². The van der Waals surface area contributed by atoms with Crippen LogP contribution in [-0.2, 0) is 7.05 Å². The first-order valence-electron chi connectivity index (χ1n) is 7.04. The smallest absolute Gasteiger partial charge is 0.335 e. The summed E-state index contributed by atoms with van der Waals surface area (Å²) >= 11 is 0. The molecular weight excluding hydrogens is 315 g/mol. The van der Waals surface area contributed by atoms with Gasteiger partial charge in [-0.2, -0.15) is 4.98 Å². The van der Waals surface area contributed by atoms with Crippen molar-refractivity contribution >= 4 is 40.1 Å². The zero-order valence-electron chi connectivity index (χ0n) is 12.4. The first-order chi connectivity index (χ1) is 11.5. The number of nitrogens with one attached hydrogen (secondary N) is 1. The number of aromatic carboxylic acids is 1. The summed E-state index contributed by atoms with van der Waals surface area (Å²) in [6, 6.07) is 8.92. The van der Waals surface area contributed by atoms with E-state index in [-0.39, 0.29) is 11.6 Å². The third-order valence-corrected chi connectivity index (χ3v) is 3.70. The van der Waals surface area contributed by atoms with E-state index in [1.807, 2.05) is 0 Å². The summed E-state index contributed by atoms with van der Waals surface area (Å²) in [5.74, 6) is -0.983. The van der Waals surface area contributed by atoms with E-state index in [0.29, 0.717) is 22.6 Å². The molecule has 0 amide bonds. The number of carbonyl (C=O) groups is 1. The maximum atomic E-state index is 13.2. The van der Waals surface area contributed by atoms with Crippen molar-refractivity contribution in [3.63, 3.8) is 0 Å². The first kappa shape index (κ1) is 14.2. The van der Waals surface area contributed by atoms with Crippen LogP contribution in [0.3, 0.4) is 0 Å². The third-order valence-electron chi connectivity index (χ3n) is 3.70. The van der Waals surface area contributed by atoms with Crippen molar-refractivity contribution < 1.29 is 18.7 Å². The monoisotopic (exact) mass is 326 g/mol. The minimum Gasteiger partial charge on any atom is -0.478 e. The van der Waals surface area contributed by atoms with E-state index in [0.717, 1.165) is 5.52 Å². The number of oxazole rings is 1. The van der Waals surface area contributed by atoms with E-state index < -0.39 is 11.8 Å². The van der Waals surface area contributed by atoms with Gasteiger partial charge in [-0.3, -0.25) is 5.32 Å². The molecule has 0 atom stereocenters. The van der Waals surface area contributed by atoms with E-state index in [1.54, 1.807) is 17.7 Å². The number of nitrogens with zero attached hydrogens (tertiary/aromatic N) is 3. The average molecular weight is 326 g/mol. The van der Waals surface area contributed by atoms with Crippen LogP contribution >= 0.6 is 0 Å². The van der Waals surface area contributed by atoms with Gasteiger partial charge in [0.05, 0.1) is 16.6 Å². The standard InChI is InChI=1S/C16H11FN4O3/c1-21-12-4-2-8(14(22)23)6-10(12)18-15(21)20-16-19-11-7-9(17)3-5-13(11)24-16/h2-7H,1H3,(H,22,23)(H,18,19,20). The van der Waals surface area contributed by atoms with Gasteiger partial charge in [0, 0.05) is 13.1 Å². The molecular formula is C16H11FN4O3. The van der Waals surface area contributed by atoms with Gasteiger partial charge in [-0.25, -0.2) is 14.2 Å². The second kappa shape index (κ2) is 5.05. The number of rotatable bonds is 3. The Morgan fingerprint density at radius 2 is 2.04 bits per heavy atom. The van der Waals surface area contributed by atoms with Gasteiger partial charge in [0.2, 0.25) is 5.95 Å². The number of aromatic nitrogens is 3. The highest BCUT2D eigenvalue weighted by Gasteiger charge is 2.13. The Hall–Kier alpha value is -3.42. The second-order valence-electron chi connectivity index (χ2n) is 5.26. The second-order valence-corrected chi connectivity index (χ2v) is 5.26. The number of anilines is 2. The number of carboxylic acids is 1. The molecule has 0 aliphatic carbocycles. The lowest BCUT2D eigenvalue weighted by molar-refractivity contribution is 0.0697. The Kier molecular flexibility index (Phi) is 2.99. The lowest BCUT2D eigenvalue weighted by atomic mass is 10.2. The average Bonchev–Trinajstić information content (AvgIpc) is 3.08. The van der Waals surface area contributed by atoms with Gasteiger partial charge in [-0.1, -0.05) is 0 Å². The lowest BCUT2D eigenvalue weighted by Gasteiger charge is -2.01. The normalized spacial score (nSPS) is 11.2. The van der Waals surface area contributed by atoms with E-state index in [2.05, 4.69) is 15.3 Å². The highest BCUT2D eigenvalue weighted by molar-refractivity contribution is 5.93. The topological polar surface area (TPSA) is 93.2 Å². The molecule has 0 bridgehead atoms. The van der Waals surface area contributed by atoms with Crippen LogP contribution in [0.4, 0.5) is 16.4 Å². The Bertz CT molecular complexity index is 1100. The SMILES string of the molecule is Cn1c(Nc2nc3cc(F)ccc3o2)nc2cc(C(=O)O)ccc21. The highest BCUT2D eigenvalue weighted by Crippen LogP contribution is 2.25. The summed E-state index contributed by atoms with van der Waals surface area (Å²) in [7, 11) is 1.78. The van der Waals surface area contributed by atoms with Crippen LogP contribution in [0.5, 0.6) is 0 Å². The molecule has 0 unspecified atom stereocenters. The molecule has 7 nitrogen and oxygen atoms in total. The van der Waals surface area contributed by atoms with Crippen molar-refractivity contribution in [3.05, 3.63) is 47.8 Å². The van der Waals surface area contributed by atoms with Crippen LogP contribution in [0.15, 0.2) is 40.8 Å². The third kappa shape index (κ3) is 2.24. The molecule has 24 heavy (non-hydrogen) atoms. The van der Waals surface area contributed by atoms with Crippen LogP contribution in [0.25, 0.3) is 22.1 Å². The molecule has 2 aromatic heterocycles. The van der Waals surface area contributed by atoms with Crippen molar-refractivity contribution in [2.75, 3.05) is 5.32 Å². The lowest BCUT2D eigenvalue weighted by Crippen LogP contribution is -1.99. The summed E-state index contributed by atoms with van der Waals surface area (Å²) in [6.45, 7) is 0. The van der Waals surface area contributed by atoms with Gasteiger partial charge in [0.15, 0.2) is 5.58 Å². The van der Waals surface area contributed by atoms with Gasteiger partial charge in [0.1, 0.15) is 11.3 Å². The number of halogens is 1. The molecule has 0 aliphatic heterocycles. The minimum absolute atomic E-state index is 0.157. The van der Waals surface area contributed by atoms with Crippen LogP contribution < -0.4 is 5.32 Å². The molecule has 0 saturated heterocycles. The van der Waals surface area contributed by atoms with Crippen molar-refractivity contribution in [1.82, 2.24) is 14.5 Å². The van der Waals surface area contributed by atoms with Gasteiger partial charge in [-0.05, 0) is 30.3 Å². The molecule has 2 aromatic carbocycles. The molecule has 0 fully saturated rings.